The molecule has 2 saturated heterocycles. The number of aliphatic hydroxyl groups is 1. The van der Waals surface area contributed by atoms with E-state index >= 15 is 0 Å². The summed E-state index contributed by atoms with van der Waals surface area (Å²) in [5, 5.41) is 10.2. The molecule has 2 saturated carbocycles. The van der Waals surface area contributed by atoms with Crippen molar-refractivity contribution >= 4 is 0 Å². The monoisotopic (exact) mass is 374 g/mol. The number of rotatable bonds is 0. The number of allylic oxidation sites excluding steroid dienone is 1. The first kappa shape index (κ1) is 18.6. The fourth-order valence-electron chi connectivity index (χ4n) is 7.66. The summed E-state index contributed by atoms with van der Waals surface area (Å²) in [5.74, 6) is 2.09. The molecule has 5 rings (SSSR count). The Balaban J connectivity index is 1.46. The lowest BCUT2D eigenvalue weighted by Crippen LogP contribution is -2.52. The summed E-state index contributed by atoms with van der Waals surface area (Å²) in [6.45, 7) is 10.5. The molecular weight excluding hydrogens is 336 g/mol. The van der Waals surface area contributed by atoms with Crippen LogP contribution in [0.15, 0.2) is 11.6 Å². The van der Waals surface area contributed by atoms with Crippen LogP contribution >= 0.6 is 0 Å². The number of aliphatic hydroxyl groups excluding tert-OH is 1. The van der Waals surface area contributed by atoms with Crippen LogP contribution in [0.4, 0.5) is 0 Å². The van der Waals surface area contributed by atoms with E-state index in [2.05, 4.69) is 33.8 Å². The highest BCUT2D eigenvalue weighted by Crippen LogP contribution is 2.66. The number of ether oxygens (including phenoxy) is 2. The van der Waals surface area contributed by atoms with Crippen LogP contribution in [-0.2, 0) is 9.47 Å². The van der Waals surface area contributed by atoms with Crippen molar-refractivity contribution < 1.29 is 14.6 Å². The molecule has 1 N–H and O–H groups in total. The zero-order valence-corrected chi connectivity index (χ0v) is 17.7. The summed E-state index contributed by atoms with van der Waals surface area (Å²) in [7, 11) is 0. The molecular formula is C24H38O3. The molecule has 3 nitrogen and oxygen atoms in total. The van der Waals surface area contributed by atoms with Gasteiger partial charge in [0, 0.05) is 17.8 Å². The molecule has 9 atom stereocenters. The third kappa shape index (κ3) is 2.50. The first-order chi connectivity index (χ1) is 12.8. The lowest BCUT2D eigenvalue weighted by molar-refractivity contribution is -0.276. The van der Waals surface area contributed by atoms with Gasteiger partial charge in [-0.15, -0.1) is 0 Å². The molecule has 0 aromatic rings. The van der Waals surface area contributed by atoms with Gasteiger partial charge in [0.15, 0.2) is 5.79 Å². The Bertz CT molecular complexity index is 634. The second-order valence-corrected chi connectivity index (χ2v) is 11.1. The van der Waals surface area contributed by atoms with E-state index in [1.807, 2.05) is 0 Å². The minimum Gasteiger partial charge on any atom is -0.393 e. The summed E-state index contributed by atoms with van der Waals surface area (Å²) in [6.07, 6.45) is 11.6. The Hall–Kier alpha value is -0.380. The maximum Gasteiger partial charge on any atom is 0.171 e. The average Bonchev–Trinajstić information content (AvgIpc) is 2.87. The fourth-order valence-corrected chi connectivity index (χ4v) is 7.66. The molecule has 0 aromatic heterocycles. The second kappa shape index (κ2) is 6.06. The van der Waals surface area contributed by atoms with E-state index in [0.717, 1.165) is 38.7 Å². The second-order valence-electron chi connectivity index (χ2n) is 11.1. The van der Waals surface area contributed by atoms with Crippen LogP contribution in [0.2, 0.25) is 0 Å². The van der Waals surface area contributed by atoms with E-state index in [-0.39, 0.29) is 22.7 Å². The molecule has 2 heterocycles. The van der Waals surface area contributed by atoms with E-state index in [4.69, 9.17) is 9.47 Å². The third-order valence-corrected chi connectivity index (χ3v) is 9.76. The van der Waals surface area contributed by atoms with Crippen LogP contribution in [0, 0.1) is 34.5 Å². The van der Waals surface area contributed by atoms with Gasteiger partial charge in [-0.3, -0.25) is 0 Å². The summed E-state index contributed by atoms with van der Waals surface area (Å²) < 4.78 is 13.4. The number of fused-ring (bicyclic) bond motifs is 5. The van der Waals surface area contributed by atoms with Gasteiger partial charge >= 0.3 is 0 Å². The first-order valence-corrected chi connectivity index (χ1v) is 11.5. The van der Waals surface area contributed by atoms with Crippen LogP contribution < -0.4 is 0 Å². The summed E-state index contributed by atoms with van der Waals surface area (Å²) >= 11 is 0. The van der Waals surface area contributed by atoms with Crippen molar-refractivity contribution in [3.8, 4) is 0 Å². The highest BCUT2D eigenvalue weighted by molar-refractivity contribution is 5.26. The van der Waals surface area contributed by atoms with Crippen LogP contribution in [0.1, 0.15) is 79.1 Å². The minimum atomic E-state index is -0.339. The summed E-state index contributed by atoms with van der Waals surface area (Å²) in [6, 6.07) is 0. The first-order valence-electron chi connectivity index (χ1n) is 11.5. The third-order valence-electron chi connectivity index (χ3n) is 9.76. The highest BCUT2D eigenvalue weighted by Gasteiger charge is 2.66. The van der Waals surface area contributed by atoms with Crippen molar-refractivity contribution in [3.05, 3.63) is 11.6 Å². The minimum absolute atomic E-state index is 0.126. The Morgan fingerprint density at radius 3 is 2.63 bits per heavy atom. The van der Waals surface area contributed by atoms with Gasteiger partial charge in [0.05, 0.1) is 18.8 Å². The predicted octanol–water partition coefficient (Wildman–Crippen LogP) is 5.08. The van der Waals surface area contributed by atoms with Crippen LogP contribution in [0.5, 0.6) is 0 Å². The van der Waals surface area contributed by atoms with Crippen LogP contribution in [-0.4, -0.2) is 29.7 Å². The van der Waals surface area contributed by atoms with E-state index in [1.54, 1.807) is 0 Å². The van der Waals surface area contributed by atoms with Crippen molar-refractivity contribution in [1.82, 2.24) is 0 Å². The lowest BCUT2D eigenvalue weighted by atomic mass is 9.48. The van der Waals surface area contributed by atoms with Crippen molar-refractivity contribution in [3.63, 3.8) is 0 Å². The largest absolute Gasteiger partial charge is 0.393 e. The van der Waals surface area contributed by atoms with E-state index < -0.39 is 0 Å². The van der Waals surface area contributed by atoms with Crippen molar-refractivity contribution in [2.45, 2.75) is 97.1 Å². The smallest absolute Gasteiger partial charge is 0.171 e. The van der Waals surface area contributed by atoms with Crippen LogP contribution in [0.25, 0.3) is 0 Å². The standard InChI is InChI=1S/C24H38O3/c1-15-7-12-24(26-14-15)16(2)22(3)11-9-20-19(21(22)27-24)6-5-17-13-18(25)8-10-23(17,20)4/h5,15-16,18-21,25H,6-14H2,1-4H3/t15-,16+,18-,19-,20-,21-,22+,23+,24-/m1/s1. The molecule has 0 amide bonds. The van der Waals surface area contributed by atoms with Crippen LogP contribution in [0.3, 0.4) is 0 Å². The molecule has 3 aliphatic carbocycles. The van der Waals surface area contributed by atoms with Crippen molar-refractivity contribution in [2.75, 3.05) is 6.61 Å². The van der Waals surface area contributed by atoms with E-state index in [1.165, 1.54) is 24.8 Å². The molecule has 0 unspecified atom stereocenters. The molecule has 5 aliphatic rings. The van der Waals surface area contributed by atoms with Gasteiger partial charge in [0.25, 0.3) is 0 Å². The predicted molar refractivity (Wildman–Crippen MR) is 106 cm³/mol. The summed E-state index contributed by atoms with van der Waals surface area (Å²) in [5.41, 5.74) is 2.04. The Kier molecular flexibility index (Phi) is 4.18. The molecule has 0 radical (unpaired) electrons. The average molecular weight is 375 g/mol. The maximum absolute atomic E-state index is 10.2. The van der Waals surface area contributed by atoms with Gasteiger partial charge in [0.1, 0.15) is 0 Å². The molecule has 3 heteroatoms. The van der Waals surface area contributed by atoms with E-state index in [0.29, 0.717) is 29.8 Å². The Labute approximate surface area is 164 Å². The zero-order chi connectivity index (χ0) is 19.0. The molecule has 4 fully saturated rings. The summed E-state index contributed by atoms with van der Waals surface area (Å²) in [4.78, 5) is 0. The zero-order valence-electron chi connectivity index (χ0n) is 17.7. The molecule has 0 aromatic carbocycles. The quantitative estimate of drug-likeness (QED) is 0.601. The topological polar surface area (TPSA) is 38.7 Å². The SMILES string of the molecule is C[C@@H]1CC[C@@]2(OC1)O[C@@H]1[C@@H]3CC=C4C[C@H](O)CC[C@]4(C)[C@@H]3CC[C@@]1(C)[C@@H]2C. The normalized spacial score (nSPS) is 57.6. The van der Waals surface area contributed by atoms with Gasteiger partial charge in [-0.25, -0.2) is 0 Å². The fraction of sp³-hybridized carbons (Fsp3) is 0.917. The van der Waals surface area contributed by atoms with Gasteiger partial charge in [-0.1, -0.05) is 39.3 Å². The number of hydrogen-bond acceptors (Lipinski definition) is 3. The highest BCUT2D eigenvalue weighted by atomic mass is 16.7. The Morgan fingerprint density at radius 1 is 1.07 bits per heavy atom. The van der Waals surface area contributed by atoms with Crippen molar-refractivity contribution in [2.24, 2.45) is 34.5 Å². The van der Waals surface area contributed by atoms with Gasteiger partial charge in [-0.05, 0) is 68.1 Å². The maximum atomic E-state index is 10.2. The lowest BCUT2D eigenvalue weighted by Gasteiger charge is -2.56. The molecule has 1 spiro atoms. The molecule has 27 heavy (non-hydrogen) atoms. The number of hydrogen-bond donors (Lipinski definition) is 1. The molecule has 152 valence electrons. The molecule has 2 aliphatic heterocycles. The van der Waals surface area contributed by atoms with Gasteiger partial charge in [0.2, 0.25) is 0 Å². The Morgan fingerprint density at radius 2 is 1.89 bits per heavy atom. The van der Waals surface area contributed by atoms with Gasteiger partial charge < -0.3 is 14.6 Å². The van der Waals surface area contributed by atoms with Gasteiger partial charge in [-0.2, -0.15) is 0 Å². The van der Waals surface area contributed by atoms with Crippen molar-refractivity contribution in [1.29, 1.82) is 0 Å². The molecule has 0 bridgehead atoms. The van der Waals surface area contributed by atoms with E-state index in [9.17, 15) is 5.11 Å².